The second-order valence-electron chi connectivity index (χ2n) is 8.33. The molecule has 7 nitrogen and oxygen atoms in total. The summed E-state index contributed by atoms with van der Waals surface area (Å²) in [5.74, 6) is -0.517. The van der Waals surface area contributed by atoms with Crippen LogP contribution in [0.1, 0.15) is 33.8 Å². The Kier molecular flexibility index (Phi) is 5.23. The minimum Gasteiger partial charge on any atom is -0.396 e. The number of amides is 1. The number of hydrogen-bond donors (Lipinski definition) is 3. The summed E-state index contributed by atoms with van der Waals surface area (Å²) in [6.45, 7) is 4.01. The van der Waals surface area contributed by atoms with Gasteiger partial charge in [0.05, 0.1) is 11.4 Å². The summed E-state index contributed by atoms with van der Waals surface area (Å²) in [5.41, 5.74) is 9.26. The Labute approximate surface area is 183 Å². The Morgan fingerprint density at radius 2 is 2.13 bits per heavy atom. The largest absolute Gasteiger partial charge is 0.396 e. The van der Waals surface area contributed by atoms with Gasteiger partial charge in [-0.05, 0) is 43.9 Å². The molecule has 162 valence electrons. The first-order valence-corrected chi connectivity index (χ1v) is 11.4. The number of aryl methyl sites for hydroxylation is 1. The first-order chi connectivity index (χ1) is 15.0. The number of halogens is 1. The van der Waals surface area contributed by atoms with Crippen molar-refractivity contribution in [2.45, 2.75) is 38.3 Å². The van der Waals surface area contributed by atoms with Crippen molar-refractivity contribution in [3.8, 4) is 0 Å². The Morgan fingerprint density at radius 3 is 2.87 bits per heavy atom. The van der Waals surface area contributed by atoms with Crippen LogP contribution in [-0.4, -0.2) is 47.6 Å². The van der Waals surface area contributed by atoms with Gasteiger partial charge in [0.25, 0.3) is 5.91 Å². The highest BCUT2D eigenvalue weighted by atomic mass is 32.1. The van der Waals surface area contributed by atoms with Gasteiger partial charge in [0.2, 0.25) is 0 Å². The van der Waals surface area contributed by atoms with Gasteiger partial charge < -0.3 is 21.3 Å². The number of nitrogen functional groups attached to an aromatic ring is 1. The minimum absolute atomic E-state index is 0.233. The van der Waals surface area contributed by atoms with Crippen LogP contribution in [0.25, 0.3) is 10.3 Å². The molecule has 2 atom stereocenters. The smallest absolute Gasteiger partial charge is 0.263 e. The molecule has 31 heavy (non-hydrogen) atoms. The van der Waals surface area contributed by atoms with E-state index in [0.717, 1.165) is 24.5 Å². The van der Waals surface area contributed by atoms with Crippen LogP contribution in [0, 0.1) is 12.7 Å². The SMILES string of the molecule is Cc1cnc2c(N)c(C(=O)NCCc3ccc(N4CC5CCC(C4)N5)cc3F)sc2n1. The summed E-state index contributed by atoms with van der Waals surface area (Å²) in [4.78, 5) is 24.5. The lowest BCUT2D eigenvalue weighted by Gasteiger charge is -2.34. The summed E-state index contributed by atoms with van der Waals surface area (Å²) in [6.07, 6.45) is 4.42. The molecule has 0 spiro atoms. The number of piperazine rings is 1. The molecule has 2 bridgehead atoms. The molecule has 4 heterocycles. The zero-order chi connectivity index (χ0) is 21.5. The third kappa shape index (κ3) is 3.95. The molecule has 9 heteroatoms. The molecule has 1 aromatic carbocycles. The molecule has 0 aliphatic carbocycles. The number of anilines is 2. The normalized spacial score (nSPS) is 20.4. The van der Waals surface area contributed by atoms with E-state index in [2.05, 4.69) is 25.5 Å². The maximum absolute atomic E-state index is 14.7. The summed E-state index contributed by atoms with van der Waals surface area (Å²) >= 11 is 1.22. The second-order valence-corrected chi connectivity index (χ2v) is 9.33. The predicted molar refractivity (Wildman–Crippen MR) is 121 cm³/mol. The van der Waals surface area contributed by atoms with Crippen molar-refractivity contribution in [2.75, 3.05) is 30.3 Å². The number of nitrogens with zero attached hydrogens (tertiary/aromatic N) is 3. The van der Waals surface area contributed by atoms with Gasteiger partial charge in [-0.15, -0.1) is 11.3 Å². The predicted octanol–water partition coefficient (Wildman–Crippen LogP) is 2.63. The van der Waals surface area contributed by atoms with E-state index in [1.807, 2.05) is 19.1 Å². The van der Waals surface area contributed by atoms with Crippen molar-refractivity contribution in [3.05, 3.63) is 46.3 Å². The number of rotatable bonds is 5. The zero-order valence-corrected chi connectivity index (χ0v) is 18.1. The van der Waals surface area contributed by atoms with Gasteiger partial charge in [0, 0.05) is 43.6 Å². The van der Waals surface area contributed by atoms with Gasteiger partial charge in [-0.2, -0.15) is 0 Å². The number of carbonyl (C=O) groups excluding carboxylic acids is 1. The number of aromatic nitrogens is 2. The first kappa shape index (κ1) is 20.1. The molecular formula is C22H25FN6OS. The van der Waals surface area contributed by atoms with Gasteiger partial charge in [0.1, 0.15) is 21.0 Å². The average Bonchev–Trinajstić information content (AvgIpc) is 3.26. The fraction of sp³-hybridized carbons (Fsp3) is 0.409. The van der Waals surface area contributed by atoms with Crippen LogP contribution >= 0.6 is 11.3 Å². The highest BCUT2D eigenvalue weighted by Crippen LogP contribution is 2.31. The molecule has 5 rings (SSSR count). The molecule has 2 aliphatic heterocycles. The van der Waals surface area contributed by atoms with Gasteiger partial charge in [0.15, 0.2) is 0 Å². The molecule has 2 aromatic heterocycles. The van der Waals surface area contributed by atoms with Gasteiger partial charge in [-0.3, -0.25) is 4.79 Å². The molecule has 2 fully saturated rings. The van der Waals surface area contributed by atoms with Crippen molar-refractivity contribution >= 4 is 39.0 Å². The van der Waals surface area contributed by atoms with Crippen LogP contribution in [-0.2, 0) is 6.42 Å². The van der Waals surface area contributed by atoms with Crippen LogP contribution in [0.4, 0.5) is 15.8 Å². The molecule has 2 saturated heterocycles. The van der Waals surface area contributed by atoms with Crippen molar-refractivity contribution in [2.24, 2.45) is 0 Å². The summed E-state index contributed by atoms with van der Waals surface area (Å²) < 4.78 is 14.7. The van der Waals surface area contributed by atoms with Crippen molar-refractivity contribution in [1.82, 2.24) is 20.6 Å². The standard InChI is InChI=1S/C22H25FN6OS/c1-12-9-26-19-18(24)20(31-22(19)27-12)21(30)25-7-6-13-2-5-16(8-17(13)23)29-10-14-3-4-15(11-29)28-14/h2,5,8-9,14-15,28H,3-4,6-7,10-11,24H2,1H3,(H,25,30). The number of thiophene rings is 1. The monoisotopic (exact) mass is 440 g/mol. The Morgan fingerprint density at radius 1 is 1.35 bits per heavy atom. The highest BCUT2D eigenvalue weighted by molar-refractivity contribution is 7.21. The van der Waals surface area contributed by atoms with Gasteiger partial charge >= 0.3 is 0 Å². The van der Waals surface area contributed by atoms with E-state index in [0.29, 0.717) is 51.5 Å². The van der Waals surface area contributed by atoms with Gasteiger partial charge in [-0.25, -0.2) is 14.4 Å². The molecule has 3 aromatic rings. The summed E-state index contributed by atoms with van der Waals surface area (Å²) in [5, 5.41) is 6.43. The van der Waals surface area contributed by atoms with Crippen LogP contribution in [0.2, 0.25) is 0 Å². The maximum Gasteiger partial charge on any atom is 0.263 e. The van der Waals surface area contributed by atoms with E-state index in [9.17, 15) is 9.18 Å². The lowest BCUT2D eigenvalue weighted by molar-refractivity contribution is 0.0959. The third-order valence-corrected chi connectivity index (χ3v) is 7.15. The Balaban J connectivity index is 1.21. The molecule has 2 unspecified atom stereocenters. The zero-order valence-electron chi connectivity index (χ0n) is 17.3. The lowest BCUT2D eigenvalue weighted by Crippen LogP contribution is -2.51. The topological polar surface area (TPSA) is 96.2 Å². The fourth-order valence-corrected chi connectivity index (χ4v) is 5.49. The fourth-order valence-electron chi connectivity index (χ4n) is 4.47. The summed E-state index contributed by atoms with van der Waals surface area (Å²) in [6, 6.07) is 6.44. The molecule has 1 amide bonds. The first-order valence-electron chi connectivity index (χ1n) is 10.6. The number of fused-ring (bicyclic) bond motifs is 3. The van der Waals surface area contributed by atoms with E-state index < -0.39 is 0 Å². The van der Waals surface area contributed by atoms with E-state index in [-0.39, 0.29) is 11.7 Å². The van der Waals surface area contributed by atoms with Crippen LogP contribution < -0.4 is 21.3 Å². The Bertz CT molecular complexity index is 1140. The van der Waals surface area contributed by atoms with Crippen molar-refractivity contribution in [1.29, 1.82) is 0 Å². The number of nitrogens with two attached hydrogens (primary N) is 1. The highest BCUT2D eigenvalue weighted by Gasteiger charge is 2.32. The molecular weight excluding hydrogens is 415 g/mol. The van der Waals surface area contributed by atoms with Crippen LogP contribution in [0.15, 0.2) is 24.4 Å². The van der Waals surface area contributed by atoms with Gasteiger partial charge in [-0.1, -0.05) is 6.07 Å². The third-order valence-electron chi connectivity index (χ3n) is 6.06. The second kappa shape index (κ2) is 8.05. The van der Waals surface area contributed by atoms with Crippen molar-refractivity contribution in [3.63, 3.8) is 0 Å². The average molecular weight is 441 g/mol. The molecule has 0 radical (unpaired) electrons. The Hall–Kier alpha value is -2.78. The lowest BCUT2D eigenvalue weighted by atomic mass is 10.1. The minimum atomic E-state index is -0.284. The number of nitrogens with one attached hydrogen (secondary N) is 2. The van der Waals surface area contributed by atoms with E-state index in [4.69, 9.17) is 5.73 Å². The maximum atomic E-state index is 14.7. The number of carbonyl (C=O) groups is 1. The van der Waals surface area contributed by atoms with E-state index in [1.54, 1.807) is 12.3 Å². The molecule has 4 N–H and O–H groups in total. The van der Waals surface area contributed by atoms with Crippen molar-refractivity contribution < 1.29 is 9.18 Å². The van der Waals surface area contributed by atoms with E-state index in [1.165, 1.54) is 24.2 Å². The number of hydrogen-bond acceptors (Lipinski definition) is 7. The van der Waals surface area contributed by atoms with E-state index >= 15 is 0 Å². The molecule has 2 aliphatic rings. The number of benzene rings is 1. The summed E-state index contributed by atoms with van der Waals surface area (Å²) in [7, 11) is 0. The molecule has 0 saturated carbocycles. The van der Waals surface area contributed by atoms with Crippen LogP contribution in [0.5, 0.6) is 0 Å². The van der Waals surface area contributed by atoms with Crippen LogP contribution in [0.3, 0.4) is 0 Å². The quantitative estimate of drug-likeness (QED) is 0.565.